The maximum Gasteiger partial charge on any atom is 0.407 e. The van der Waals surface area contributed by atoms with E-state index in [1.807, 2.05) is 0 Å². The highest BCUT2D eigenvalue weighted by Crippen LogP contribution is 2.17. The van der Waals surface area contributed by atoms with Crippen LogP contribution >= 0.6 is 0 Å². The molecule has 1 amide bonds. The minimum atomic E-state index is -0.248. The van der Waals surface area contributed by atoms with Crippen LogP contribution < -0.4 is 10.6 Å². The smallest absolute Gasteiger partial charge is 0.407 e. The molecule has 0 spiro atoms. The Balaban J connectivity index is 2.12. The summed E-state index contributed by atoms with van der Waals surface area (Å²) in [7, 11) is 0. The van der Waals surface area contributed by atoms with Crippen molar-refractivity contribution in [1.82, 2.24) is 10.6 Å². The third-order valence-corrected chi connectivity index (χ3v) is 3.80. The van der Waals surface area contributed by atoms with Gasteiger partial charge in [-0.2, -0.15) is 0 Å². The molecule has 0 heterocycles. The van der Waals surface area contributed by atoms with E-state index in [1.54, 1.807) is 0 Å². The van der Waals surface area contributed by atoms with Crippen molar-refractivity contribution in [1.29, 1.82) is 0 Å². The highest BCUT2D eigenvalue weighted by molar-refractivity contribution is 5.67. The Bertz CT molecular complexity index is 240. The number of hydrogen-bond acceptors (Lipinski definition) is 3. The molecule has 0 aliphatic heterocycles. The van der Waals surface area contributed by atoms with Crippen molar-refractivity contribution in [3.63, 3.8) is 0 Å². The van der Waals surface area contributed by atoms with E-state index >= 15 is 0 Å². The van der Waals surface area contributed by atoms with Gasteiger partial charge in [0.2, 0.25) is 0 Å². The number of amides is 1. The molecule has 2 N–H and O–H groups in total. The zero-order chi connectivity index (χ0) is 13.9. The van der Waals surface area contributed by atoms with Gasteiger partial charge in [0.05, 0.1) is 0 Å². The fourth-order valence-corrected chi connectivity index (χ4v) is 2.44. The van der Waals surface area contributed by atoms with Gasteiger partial charge in [0.1, 0.15) is 6.61 Å². The van der Waals surface area contributed by atoms with Gasteiger partial charge < -0.3 is 15.4 Å². The molecule has 1 fully saturated rings. The number of hydrogen-bond donors (Lipinski definition) is 2. The third-order valence-electron chi connectivity index (χ3n) is 3.80. The van der Waals surface area contributed by atoms with Crippen LogP contribution in [0.4, 0.5) is 4.79 Å². The molecule has 4 heteroatoms. The molecular formula is C15H30N2O2. The summed E-state index contributed by atoms with van der Waals surface area (Å²) in [5, 5.41) is 6.40. The van der Waals surface area contributed by atoms with Crippen LogP contribution in [0, 0.1) is 0 Å². The number of ether oxygens (including phenoxy) is 1. The minimum absolute atomic E-state index is 0.248. The first kappa shape index (κ1) is 16.3. The van der Waals surface area contributed by atoms with Gasteiger partial charge in [-0.3, -0.25) is 0 Å². The predicted octanol–water partition coefficient (Wildman–Crippen LogP) is 3.21. The number of rotatable bonds is 8. The molecule has 1 aliphatic rings. The first-order valence-electron chi connectivity index (χ1n) is 7.93. The normalized spacial score (nSPS) is 18.0. The average Bonchev–Trinajstić information content (AvgIpc) is 2.44. The van der Waals surface area contributed by atoms with Crippen LogP contribution in [0.3, 0.4) is 0 Å². The van der Waals surface area contributed by atoms with Crippen molar-refractivity contribution in [2.45, 2.75) is 77.3 Å². The van der Waals surface area contributed by atoms with Crippen molar-refractivity contribution in [2.75, 3.05) is 13.2 Å². The van der Waals surface area contributed by atoms with Crippen LogP contribution in [-0.4, -0.2) is 31.3 Å². The molecule has 0 aromatic rings. The molecule has 1 aliphatic carbocycles. The van der Waals surface area contributed by atoms with Gasteiger partial charge in [0.25, 0.3) is 0 Å². The summed E-state index contributed by atoms with van der Waals surface area (Å²) in [5.74, 6) is 0. The molecule has 0 aromatic carbocycles. The standard InChI is InChI=1S/C15H30N2O2/c1-3-5-11-16-13(4-2)12-19-15(18)17-14-9-7-6-8-10-14/h13-14,16H,3-12H2,1-2H3,(H,17,18). The van der Waals surface area contributed by atoms with Crippen LogP contribution in [-0.2, 0) is 4.74 Å². The van der Waals surface area contributed by atoms with E-state index < -0.39 is 0 Å². The number of alkyl carbamates (subject to hydrolysis) is 1. The van der Waals surface area contributed by atoms with E-state index in [9.17, 15) is 4.79 Å². The lowest BCUT2D eigenvalue weighted by Gasteiger charge is -2.23. The van der Waals surface area contributed by atoms with Gasteiger partial charge in [-0.05, 0) is 32.2 Å². The Morgan fingerprint density at radius 3 is 2.63 bits per heavy atom. The average molecular weight is 270 g/mol. The predicted molar refractivity (Wildman–Crippen MR) is 78.3 cm³/mol. The van der Waals surface area contributed by atoms with E-state index in [2.05, 4.69) is 24.5 Å². The Kier molecular flexibility index (Phi) is 8.63. The number of unbranched alkanes of at least 4 members (excludes halogenated alkanes) is 1. The molecule has 1 atom stereocenters. The van der Waals surface area contributed by atoms with Crippen LogP contribution in [0.25, 0.3) is 0 Å². The fraction of sp³-hybridized carbons (Fsp3) is 0.933. The van der Waals surface area contributed by atoms with Crippen molar-refractivity contribution in [3.8, 4) is 0 Å². The Morgan fingerprint density at radius 2 is 2.00 bits per heavy atom. The summed E-state index contributed by atoms with van der Waals surface area (Å²) in [6, 6.07) is 0.609. The molecule has 4 nitrogen and oxygen atoms in total. The fourth-order valence-electron chi connectivity index (χ4n) is 2.44. The zero-order valence-electron chi connectivity index (χ0n) is 12.5. The number of nitrogens with one attached hydrogen (secondary N) is 2. The number of carbonyl (C=O) groups excluding carboxylic acids is 1. The van der Waals surface area contributed by atoms with Crippen molar-refractivity contribution in [2.24, 2.45) is 0 Å². The van der Waals surface area contributed by atoms with Crippen LogP contribution in [0.5, 0.6) is 0 Å². The Labute approximate surface area is 117 Å². The van der Waals surface area contributed by atoms with Gasteiger partial charge in [-0.1, -0.05) is 39.5 Å². The minimum Gasteiger partial charge on any atom is -0.448 e. The summed E-state index contributed by atoms with van der Waals surface area (Å²) in [6.45, 7) is 5.77. The summed E-state index contributed by atoms with van der Waals surface area (Å²) in [4.78, 5) is 11.7. The van der Waals surface area contributed by atoms with Crippen LogP contribution in [0.1, 0.15) is 65.2 Å². The quantitative estimate of drug-likeness (QED) is 0.666. The molecule has 0 radical (unpaired) electrons. The van der Waals surface area contributed by atoms with Crippen molar-refractivity contribution >= 4 is 6.09 Å². The van der Waals surface area contributed by atoms with Gasteiger partial charge >= 0.3 is 6.09 Å². The van der Waals surface area contributed by atoms with Crippen molar-refractivity contribution in [3.05, 3.63) is 0 Å². The molecule has 1 unspecified atom stereocenters. The van der Waals surface area contributed by atoms with E-state index in [-0.39, 0.29) is 12.1 Å². The van der Waals surface area contributed by atoms with Gasteiger partial charge in [0.15, 0.2) is 0 Å². The first-order chi connectivity index (χ1) is 9.26. The zero-order valence-corrected chi connectivity index (χ0v) is 12.5. The molecule has 1 saturated carbocycles. The maximum atomic E-state index is 11.7. The van der Waals surface area contributed by atoms with Crippen LogP contribution in [0.2, 0.25) is 0 Å². The van der Waals surface area contributed by atoms with E-state index in [4.69, 9.17) is 4.74 Å². The lowest BCUT2D eigenvalue weighted by molar-refractivity contribution is 0.126. The third kappa shape index (κ3) is 7.41. The molecule has 0 aromatic heterocycles. The second-order valence-corrected chi connectivity index (χ2v) is 5.49. The molecule has 112 valence electrons. The summed E-state index contributed by atoms with van der Waals surface area (Å²) in [6.07, 6.45) is 9.04. The van der Waals surface area contributed by atoms with Crippen LogP contribution in [0.15, 0.2) is 0 Å². The second kappa shape index (κ2) is 10.1. The molecule has 19 heavy (non-hydrogen) atoms. The topological polar surface area (TPSA) is 50.4 Å². The highest BCUT2D eigenvalue weighted by Gasteiger charge is 2.17. The van der Waals surface area contributed by atoms with Gasteiger partial charge in [-0.25, -0.2) is 4.79 Å². The first-order valence-corrected chi connectivity index (χ1v) is 7.93. The molecule has 0 bridgehead atoms. The molecule has 1 rings (SSSR count). The van der Waals surface area contributed by atoms with Gasteiger partial charge in [0, 0.05) is 12.1 Å². The van der Waals surface area contributed by atoms with E-state index in [1.165, 1.54) is 32.1 Å². The molecule has 0 saturated heterocycles. The Hall–Kier alpha value is -0.770. The summed E-state index contributed by atoms with van der Waals surface area (Å²) >= 11 is 0. The maximum absolute atomic E-state index is 11.7. The van der Waals surface area contributed by atoms with Crippen molar-refractivity contribution < 1.29 is 9.53 Å². The number of carbonyl (C=O) groups is 1. The van der Waals surface area contributed by atoms with Gasteiger partial charge in [-0.15, -0.1) is 0 Å². The summed E-state index contributed by atoms with van der Waals surface area (Å²) in [5.41, 5.74) is 0. The lowest BCUT2D eigenvalue weighted by Crippen LogP contribution is -2.40. The largest absolute Gasteiger partial charge is 0.448 e. The SMILES string of the molecule is CCCCNC(CC)COC(=O)NC1CCCCC1. The van der Waals surface area contributed by atoms with E-state index in [0.717, 1.165) is 25.8 Å². The second-order valence-electron chi connectivity index (χ2n) is 5.49. The Morgan fingerprint density at radius 1 is 1.26 bits per heavy atom. The van der Waals surface area contributed by atoms with E-state index in [0.29, 0.717) is 12.6 Å². The summed E-state index contributed by atoms with van der Waals surface area (Å²) < 4.78 is 5.32. The lowest BCUT2D eigenvalue weighted by atomic mass is 9.96. The highest BCUT2D eigenvalue weighted by atomic mass is 16.5. The monoisotopic (exact) mass is 270 g/mol. The molecular weight excluding hydrogens is 240 g/mol.